The van der Waals surface area contributed by atoms with Crippen LogP contribution in [-0.4, -0.2) is 51.8 Å². The van der Waals surface area contributed by atoms with Crippen LogP contribution in [0.3, 0.4) is 0 Å². The van der Waals surface area contributed by atoms with Crippen LogP contribution < -0.4 is 15.4 Å². The monoisotopic (exact) mass is 489 g/mol. The first-order chi connectivity index (χ1) is 10.9. The Bertz CT molecular complexity index is 590. The highest BCUT2D eigenvalue weighted by Gasteiger charge is 2.02. The number of nitrogens with zero attached hydrogens (tertiary/aromatic N) is 2. The van der Waals surface area contributed by atoms with E-state index in [-0.39, 0.29) is 24.0 Å². The molecule has 10 heteroatoms. The van der Waals surface area contributed by atoms with Crippen molar-refractivity contribution in [1.29, 1.82) is 0 Å². The lowest BCUT2D eigenvalue weighted by atomic mass is 10.4. The number of sulfonamides is 1. The lowest BCUT2D eigenvalue weighted by Gasteiger charge is -2.10. The Morgan fingerprint density at radius 1 is 1.29 bits per heavy atom. The smallest absolute Gasteiger partial charge is 0.208 e. The van der Waals surface area contributed by atoms with Gasteiger partial charge in [-0.15, -0.1) is 35.3 Å². The quantitative estimate of drug-likeness (QED) is 0.200. The first-order valence-electron chi connectivity index (χ1n) is 7.85. The summed E-state index contributed by atoms with van der Waals surface area (Å²) in [5, 5.41) is 7.57. The molecule has 24 heavy (non-hydrogen) atoms. The predicted octanol–water partition coefficient (Wildman–Crippen LogP) is 1.36. The van der Waals surface area contributed by atoms with Gasteiger partial charge in [0.1, 0.15) is 0 Å². The molecule has 0 saturated carbocycles. The molecule has 1 aromatic heterocycles. The van der Waals surface area contributed by atoms with Crippen molar-refractivity contribution in [3.05, 3.63) is 16.1 Å². The highest BCUT2D eigenvalue weighted by atomic mass is 127. The summed E-state index contributed by atoms with van der Waals surface area (Å²) in [7, 11) is -3.12. The molecule has 0 atom stereocenters. The van der Waals surface area contributed by atoms with Crippen LogP contribution in [0.2, 0.25) is 0 Å². The summed E-state index contributed by atoms with van der Waals surface area (Å²) in [5.41, 5.74) is 0. The van der Waals surface area contributed by atoms with Gasteiger partial charge in [0.15, 0.2) is 5.96 Å². The highest BCUT2D eigenvalue weighted by molar-refractivity contribution is 14.0. The zero-order valence-electron chi connectivity index (χ0n) is 14.5. The number of guanidine groups is 1. The van der Waals surface area contributed by atoms with E-state index < -0.39 is 10.0 Å². The standard InChI is InChI=1S/C14H27N5O2S2.HI/c1-4-12-11-18-13(22-12)7-10-17-14(15-5-2)16-8-6-9-19-23(3,20)21;/h11,19H,4-10H2,1-3H3,(H2,15,16,17);1H. The topological polar surface area (TPSA) is 95.5 Å². The van der Waals surface area contributed by atoms with Gasteiger partial charge < -0.3 is 10.6 Å². The Hall–Kier alpha value is -0.460. The molecule has 0 spiro atoms. The third-order valence-electron chi connectivity index (χ3n) is 2.89. The summed E-state index contributed by atoms with van der Waals surface area (Å²) in [6, 6.07) is 0. The molecular formula is C14H28IN5O2S2. The maximum absolute atomic E-state index is 11.0. The molecule has 0 amide bonds. The zero-order valence-corrected chi connectivity index (χ0v) is 18.4. The highest BCUT2D eigenvalue weighted by Crippen LogP contribution is 2.13. The lowest BCUT2D eigenvalue weighted by molar-refractivity contribution is 0.585. The fraction of sp³-hybridized carbons (Fsp3) is 0.714. The first-order valence-corrected chi connectivity index (χ1v) is 10.6. The molecule has 0 aliphatic rings. The first kappa shape index (κ1) is 23.5. The molecule has 1 aromatic rings. The number of aromatic nitrogens is 1. The molecule has 0 unspecified atom stereocenters. The molecule has 0 aliphatic carbocycles. The molecule has 1 heterocycles. The van der Waals surface area contributed by atoms with Crippen molar-refractivity contribution in [1.82, 2.24) is 20.3 Å². The Balaban J connectivity index is 0.00000529. The fourth-order valence-corrected chi connectivity index (χ4v) is 3.16. The fourth-order valence-electron chi connectivity index (χ4n) is 1.78. The van der Waals surface area contributed by atoms with Gasteiger partial charge in [0.25, 0.3) is 0 Å². The van der Waals surface area contributed by atoms with Gasteiger partial charge in [0.05, 0.1) is 11.3 Å². The Labute approximate surface area is 166 Å². The van der Waals surface area contributed by atoms with Gasteiger partial charge in [-0.25, -0.2) is 18.1 Å². The van der Waals surface area contributed by atoms with Crippen molar-refractivity contribution in [2.24, 2.45) is 4.99 Å². The zero-order chi connectivity index (χ0) is 17.1. The van der Waals surface area contributed by atoms with Crippen molar-refractivity contribution in [2.45, 2.75) is 33.1 Å². The number of thiazole rings is 1. The second-order valence-electron chi connectivity index (χ2n) is 5.03. The van der Waals surface area contributed by atoms with Crippen LogP contribution >= 0.6 is 35.3 Å². The van der Waals surface area contributed by atoms with E-state index >= 15 is 0 Å². The number of aryl methyl sites for hydroxylation is 1. The van der Waals surface area contributed by atoms with E-state index in [0.29, 0.717) is 19.5 Å². The predicted molar refractivity (Wildman–Crippen MR) is 112 cm³/mol. The van der Waals surface area contributed by atoms with E-state index in [0.717, 1.165) is 43.2 Å². The van der Waals surface area contributed by atoms with Gasteiger partial charge in [-0.3, -0.25) is 4.99 Å². The van der Waals surface area contributed by atoms with Crippen molar-refractivity contribution in [3.63, 3.8) is 0 Å². The van der Waals surface area contributed by atoms with E-state index in [2.05, 4.69) is 32.3 Å². The van der Waals surface area contributed by atoms with Crippen molar-refractivity contribution < 1.29 is 8.42 Å². The second-order valence-corrected chi connectivity index (χ2v) is 8.06. The second kappa shape index (κ2) is 12.8. The Morgan fingerprint density at radius 3 is 2.62 bits per heavy atom. The van der Waals surface area contributed by atoms with Gasteiger partial charge in [0, 0.05) is 43.7 Å². The molecule has 0 radical (unpaired) electrons. The molecule has 0 saturated heterocycles. The molecule has 0 bridgehead atoms. The minimum Gasteiger partial charge on any atom is -0.357 e. The van der Waals surface area contributed by atoms with Gasteiger partial charge >= 0.3 is 0 Å². The number of halogens is 1. The van der Waals surface area contributed by atoms with Crippen LogP contribution in [0, 0.1) is 0 Å². The largest absolute Gasteiger partial charge is 0.357 e. The summed E-state index contributed by atoms with van der Waals surface area (Å²) in [6.07, 6.45) is 5.65. The maximum atomic E-state index is 11.0. The van der Waals surface area contributed by atoms with Crippen LogP contribution in [-0.2, 0) is 22.9 Å². The van der Waals surface area contributed by atoms with E-state index in [1.807, 2.05) is 13.1 Å². The molecule has 140 valence electrons. The van der Waals surface area contributed by atoms with Gasteiger partial charge in [-0.1, -0.05) is 6.92 Å². The van der Waals surface area contributed by atoms with Crippen molar-refractivity contribution >= 4 is 51.3 Å². The van der Waals surface area contributed by atoms with Gasteiger partial charge in [0.2, 0.25) is 10.0 Å². The lowest BCUT2D eigenvalue weighted by Crippen LogP contribution is -2.38. The molecular weight excluding hydrogens is 461 g/mol. The summed E-state index contributed by atoms with van der Waals surface area (Å²) in [6.45, 7) is 6.66. The summed E-state index contributed by atoms with van der Waals surface area (Å²) in [4.78, 5) is 10.1. The third kappa shape index (κ3) is 11.2. The third-order valence-corrected chi connectivity index (χ3v) is 4.82. The summed E-state index contributed by atoms with van der Waals surface area (Å²) >= 11 is 1.75. The Kier molecular flexibility index (Phi) is 12.6. The van der Waals surface area contributed by atoms with Crippen LogP contribution in [0.15, 0.2) is 11.2 Å². The minimum atomic E-state index is -3.12. The van der Waals surface area contributed by atoms with Crippen LogP contribution in [0.1, 0.15) is 30.2 Å². The van der Waals surface area contributed by atoms with E-state index in [1.54, 1.807) is 11.3 Å². The number of hydrogen-bond acceptors (Lipinski definition) is 5. The van der Waals surface area contributed by atoms with Gasteiger partial charge in [-0.2, -0.15) is 0 Å². The van der Waals surface area contributed by atoms with Crippen LogP contribution in [0.5, 0.6) is 0 Å². The van der Waals surface area contributed by atoms with Gasteiger partial charge in [-0.05, 0) is 19.8 Å². The molecule has 3 N–H and O–H groups in total. The van der Waals surface area contributed by atoms with Crippen molar-refractivity contribution in [2.75, 3.05) is 32.4 Å². The molecule has 0 fully saturated rings. The van der Waals surface area contributed by atoms with E-state index in [9.17, 15) is 8.42 Å². The number of aliphatic imine (C=N–C) groups is 1. The average molecular weight is 489 g/mol. The van der Waals surface area contributed by atoms with E-state index in [4.69, 9.17) is 0 Å². The minimum absolute atomic E-state index is 0. The van der Waals surface area contributed by atoms with Crippen LogP contribution in [0.4, 0.5) is 0 Å². The maximum Gasteiger partial charge on any atom is 0.208 e. The normalized spacial score (nSPS) is 11.9. The Morgan fingerprint density at radius 2 is 2.04 bits per heavy atom. The van der Waals surface area contributed by atoms with Crippen LogP contribution in [0.25, 0.3) is 0 Å². The number of hydrogen-bond donors (Lipinski definition) is 3. The number of rotatable bonds is 10. The molecule has 7 nitrogen and oxygen atoms in total. The number of nitrogens with one attached hydrogen (secondary N) is 3. The summed E-state index contributed by atoms with van der Waals surface area (Å²) < 4.78 is 24.4. The van der Waals surface area contributed by atoms with E-state index in [1.165, 1.54) is 4.88 Å². The molecule has 0 aromatic carbocycles. The van der Waals surface area contributed by atoms with Crippen molar-refractivity contribution in [3.8, 4) is 0 Å². The molecule has 1 rings (SSSR count). The SMILES string of the molecule is CCNC(=NCCCNS(C)(=O)=O)NCCc1ncc(CC)s1.I. The molecule has 0 aliphatic heterocycles. The summed E-state index contributed by atoms with van der Waals surface area (Å²) in [5.74, 6) is 0.749. The average Bonchev–Trinajstić information content (AvgIpc) is 2.93.